The molecule has 0 aliphatic heterocycles. The third-order valence-electron chi connectivity index (χ3n) is 2.65. The third kappa shape index (κ3) is 2.71. The zero-order valence-corrected chi connectivity index (χ0v) is 12.0. The number of aromatic nitrogens is 3. The van der Waals surface area contributed by atoms with Crippen LogP contribution in [0.3, 0.4) is 0 Å². The zero-order valence-electron chi connectivity index (χ0n) is 10.4. The Morgan fingerprint density at radius 1 is 1.47 bits per heavy atom. The van der Waals surface area contributed by atoms with E-state index in [1.54, 1.807) is 17.8 Å². The summed E-state index contributed by atoms with van der Waals surface area (Å²) < 4.78 is 24.7. The van der Waals surface area contributed by atoms with Gasteiger partial charge in [-0.2, -0.15) is 4.98 Å². The second kappa shape index (κ2) is 5.04. The Kier molecular flexibility index (Phi) is 3.77. The average molecular weight is 305 g/mol. The lowest BCUT2D eigenvalue weighted by Crippen LogP contribution is -2.06. The first kappa shape index (κ1) is 14.2. The fourth-order valence-corrected chi connectivity index (χ4v) is 2.66. The monoisotopic (exact) mass is 304 g/mol. The van der Waals surface area contributed by atoms with E-state index in [1.165, 1.54) is 0 Å². The van der Waals surface area contributed by atoms with E-state index in [4.69, 9.17) is 17.5 Å². The lowest BCUT2D eigenvalue weighted by molar-refractivity contribution is 0.141. The molecule has 2 aromatic rings. The first-order valence-corrected chi connectivity index (χ1v) is 7.64. The molecule has 0 aliphatic carbocycles. The number of fused-ring (bicyclic) bond motifs is 1. The molecule has 2 heterocycles. The van der Waals surface area contributed by atoms with Gasteiger partial charge in [-0.05, 0) is 5.56 Å². The van der Waals surface area contributed by atoms with E-state index in [0.717, 1.165) is 11.8 Å². The summed E-state index contributed by atoms with van der Waals surface area (Å²) in [7, 11) is -1.75. The van der Waals surface area contributed by atoms with Crippen molar-refractivity contribution in [2.75, 3.05) is 12.9 Å². The van der Waals surface area contributed by atoms with Gasteiger partial charge in [-0.15, -0.1) is 0 Å². The predicted octanol–water partition coefficient (Wildman–Crippen LogP) is 0.458. The molecule has 0 spiro atoms. The molecule has 0 aromatic carbocycles. The summed E-state index contributed by atoms with van der Waals surface area (Å²) in [5.41, 5.74) is 1.32. The lowest BCUT2D eigenvalue weighted by Gasteiger charge is -2.02. The van der Waals surface area contributed by atoms with Crippen LogP contribution < -0.4 is 5.90 Å². The fourth-order valence-electron chi connectivity index (χ4n) is 1.82. The molecule has 9 heteroatoms. The number of sulfone groups is 1. The molecule has 0 aliphatic rings. The molecule has 0 radical (unpaired) electrons. The van der Waals surface area contributed by atoms with Crippen molar-refractivity contribution in [3.05, 3.63) is 16.9 Å². The molecule has 2 aromatic heterocycles. The van der Waals surface area contributed by atoms with Crippen molar-refractivity contribution in [2.24, 2.45) is 12.9 Å². The van der Waals surface area contributed by atoms with Gasteiger partial charge < -0.3 is 9.40 Å². The van der Waals surface area contributed by atoms with Crippen molar-refractivity contribution in [1.82, 2.24) is 14.5 Å². The zero-order chi connectivity index (χ0) is 14.2. The number of hydrogen-bond acceptors (Lipinski definition) is 6. The smallest absolute Gasteiger partial charge is 0.250 e. The Morgan fingerprint density at radius 3 is 2.74 bits per heavy atom. The Hall–Kier alpha value is -1.22. The van der Waals surface area contributed by atoms with Gasteiger partial charge in [-0.1, -0.05) is 11.6 Å². The van der Waals surface area contributed by atoms with Crippen LogP contribution in [0.4, 0.5) is 0 Å². The molecule has 104 valence electrons. The van der Waals surface area contributed by atoms with Crippen molar-refractivity contribution in [3.63, 3.8) is 0 Å². The van der Waals surface area contributed by atoms with Crippen LogP contribution in [-0.4, -0.2) is 35.8 Å². The van der Waals surface area contributed by atoms with E-state index in [1.807, 2.05) is 0 Å². The maximum absolute atomic E-state index is 11.5. The van der Waals surface area contributed by atoms with Gasteiger partial charge in [-0.25, -0.2) is 19.3 Å². The molecular formula is C10H13ClN4O3S. The molecule has 0 bridgehead atoms. The van der Waals surface area contributed by atoms with Crippen LogP contribution in [0.15, 0.2) is 11.4 Å². The van der Waals surface area contributed by atoms with Crippen LogP contribution in [0, 0.1) is 0 Å². The molecule has 0 saturated heterocycles. The average Bonchev–Trinajstić information content (AvgIpc) is 2.63. The highest BCUT2D eigenvalue weighted by atomic mass is 35.5. The molecule has 7 nitrogen and oxygen atoms in total. The first-order chi connectivity index (χ1) is 8.84. The van der Waals surface area contributed by atoms with E-state index in [-0.39, 0.29) is 10.3 Å². The third-order valence-corrected chi connectivity index (χ3v) is 3.77. The molecule has 0 unspecified atom stereocenters. The summed E-state index contributed by atoms with van der Waals surface area (Å²) >= 11 is 6.06. The maximum Gasteiger partial charge on any atom is 0.250 e. The van der Waals surface area contributed by atoms with Gasteiger partial charge in [0.25, 0.3) is 0 Å². The predicted molar refractivity (Wildman–Crippen MR) is 70.5 cm³/mol. The van der Waals surface area contributed by atoms with Gasteiger partial charge in [0.2, 0.25) is 15.0 Å². The SMILES string of the molecule is Cn1cc(CCON)c2c(Cl)nc(S(C)(=O)=O)nc21. The van der Waals surface area contributed by atoms with E-state index in [2.05, 4.69) is 14.8 Å². The van der Waals surface area contributed by atoms with E-state index in [9.17, 15) is 8.42 Å². The van der Waals surface area contributed by atoms with Crippen LogP contribution >= 0.6 is 11.6 Å². The standard InChI is InChI=1S/C10H13ClN4O3S/c1-15-5-6(3-4-18-12)7-8(11)13-10(14-9(7)15)19(2,16)17/h5H,3-4,12H2,1-2H3. The number of nitrogens with zero attached hydrogens (tertiary/aromatic N) is 3. The minimum absolute atomic E-state index is 0.109. The maximum atomic E-state index is 11.5. The quantitative estimate of drug-likeness (QED) is 0.500. The second-order valence-electron chi connectivity index (χ2n) is 4.15. The lowest BCUT2D eigenvalue weighted by atomic mass is 10.2. The van der Waals surface area contributed by atoms with Gasteiger partial charge in [0.15, 0.2) is 0 Å². The number of hydrogen-bond donors (Lipinski definition) is 1. The number of rotatable bonds is 4. The molecule has 19 heavy (non-hydrogen) atoms. The van der Waals surface area contributed by atoms with Gasteiger partial charge >= 0.3 is 0 Å². The van der Waals surface area contributed by atoms with Crippen molar-refractivity contribution in [3.8, 4) is 0 Å². The highest BCUT2D eigenvalue weighted by Gasteiger charge is 2.19. The Morgan fingerprint density at radius 2 is 2.16 bits per heavy atom. The van der Waals surface area contributed by atoms with Crippen molar-refractivity contribution < 1.29 is 13.3 Å². The summed E-state index contributed by atoms with van der Waals surface area (Å²) in [5.74, 6) is 5.00. The van der Waals surface area contributed by atoms with Gasteiger partial charge in [-0.3, -0.25) is 0 Å². The highest BCUT2D eigenvalue weighted by molar-refractivity contribution is 7.90. The van der Waals surface area contributed by atoms with Crippen molar-refractivity contribution in [1.29, 1.82) is 0 Å². The van der Waals surface area contributed by atoms with Crippen LogP contribution in [0.5, 0.6) is 0 Å². The van der Waals surface area contributed by atoms with Crippen LogP contribution in [0.1, 0.15) is 5.56 Å². The number of aryl methyl sites for hydroxylation is 1. The molecule has 2 rings (SSSR count). The van der Waals surface area contributed by atoms with Crippen LogP contribution in [0.2, 0.25) is 5.15 Å². The molecular weight excluding hydrogens is 292 g/mol. The van der Waals surface area contributed by atoms with Crippen LogP contribution in [0.25, 0.3) is 11.0 Å². The Bertz CT molecular complexity index is 726. The Labute approximate surface area is 115 Å². The summed E-state index contributed by atoms with van der Waals surface area (Å²) in [4.78, 5) is 12.4. The molecule has 0 atom stereocenters. The number of halogens is 1. The van der Waals surface area contributed by atoms with Gasteiger partial charge in [0, 0.05) is 25.9 Å². The molecule has 0 saturated carbocycles. The first-order valence-electron chi connectivity index (χ1n) is 5.37. The van der Waals surface area contributed by atoms with Crippen molar-refractivity contribution in [2.45, 2.75) is 11.6 Å². The van der Waals surface area contributed by atoms with Crippen LogP contribution in [-0.2, 0) is 28.1 Å². The second-order valence-corrected chi connectivity index (χ2v) is 6.42. The van der Waals surface area contributed by atoms with E-state index in [0.29, 0.717) is 24.1 Å². The number of nitrogens with two attached hydrogens (primary N) is 1. The molecule has 0 amide bonds. The summed E-state index contributed by atoms with van der Waals surface area (Å²) in [6, 6.07) is 0. The largest absolute Gasteiger partial charge is 0.335 e. The Balaban J connectivity index is 2.67. The fraction of sp³-hybridized carbons (Fsp3) is 0.400. The topological polar surface area (TPSA) is 100 Å². The highest BCUT2D eigenvalue weighted by Crippen LogP contribution is 2.27. The summed E-state index contributed by atoms with van der Waals surface area (Å²) in [5, 5.41) is 0.444. The minimum Gasteiger partial charge on any atom is -0.335 e. The van der Waals surface area contributed by atoms with E-state index < -0.39 is 9.84 Å². The minimum atomic E-state index is -3.51. The van der Waals surface area contributed by atoms with Crippen molar-refractivity contribution >= 4 is 32.5 Å². The normalized spacial score (nSPS) is 12.2. The van der Waals surface area contributed by atoms with E-state index >= 15 is 0 Å². The summed E-state index contributed by atoms with van der Waals surface area (Å²) in [6.07, 6.45) is 3.38. The summed E-state index contributed by atoms with van der Waals surface area (Å²) in [6.45, 7) is 0.323. The van der Waals surface area contributed by atoms with Gasteiger partial charge in [0.1, 0.15) is 10.8 Å². The molecule has 2 N–H and O–H groups in total. The molecule has 0 fully saturated rings. The van der Waals surface area contributed by atoms with Gasteiger partial charge in [0.05, 0.1) is 12.0 Å².